The van der Waals surface area contributed by atoms with Gasteiger partial charge in [-0.25, -0.2) is 0 Å². The summed E-state index contributed by atoms with van der Waals surface area (Å²) in [6.45, 7) is 5.14. The van der Waals surface area contributed by atoms with Crippen LogP contribution < -0.4 is 0 Å². The molecule has 0 bridgehead atoms. The van der Waals surface area contributed by atoms with Gasteiger partial charge in [-0.1, -0.05) is 0 Å². The molecular formula is C6H11NO. The topological polar surface area (TPSA) is 12.5 Å². The van der Waals surface area contributed by atoms with Gasteiger partial charge in [0.2, 0.25) is 0 Å². The van der Waals surface area contributed by atoms with Crippen molar-refractivity contribution in [2.75, 3.05) is 6.54 Å². The van der Waals surface area contributed by atoms with Crippen molar-refractivity contribution in [2.24, 2.45) is 0 Å². The lowest BCUT2D eigenvalue weighted by atomic mass is 10.4. The molecule has 1 heterocycles. The van der Waals surface area contributed by atoms with E-state index in [1.54, 1.807) is 6.26 Å². The third kappa shape index (κ3) is 1.01. The summed E-state index contributed by atoms with van der Waals surface area (Å²) >= 11 is 0. The first-order valence-corrected chi connectivity index (χ1v) is 2.89. The molecule has 0 N–H and O–H groups in total. The highest BCUT2D eigenvalue weighted by molar-refractivity contribution is 4.82. The zero-order chi connectivity index (χ0) is 5.98. The van der Waals surface area contributed by atoms with Crippen LogP contribution in [0.3, 0.4) is 0 Å². The Kier molecular flexibility index (Phi) is 1.53. The number of nitrogens with zero attached hydrogens (tertiary/aromatic N) is 1. The second-order valence-corrected chi connectivity index (χ2v) is 2.17. The van der Waals surface area contributed by atoms with Crippen LogP contribution in [0, 0.1) is 0 Å². The number of rotatable bonds is 1. The van der Waals surface area contributed by atoms with E-state index < -0.39 is 0 Å². The highest BCUT2D eigenvalue weighted by atomic mass is 16.7. The summed E-state index contributed by atoms with van der Waals surface area (Å²) < 4.78 is 0. The van der Waals surface area contributed by atoms with Crippen LogP contribution in [0.1, 0.15) is 13.8 Å². The SMILES string of the molecule is CC(C)N1CC=CO1. The third-order valence-corrected chi connectivity index (χ3v) is 1.15. The van der Waals surface area contributed by atoms with E-state index in [1.807, 2.05) is 11.1 Å². The van der Waals surface area contributed by atoms with Crippen molar-refractivity contribution in [3.05, 3.63) is 12.3 Å². The van der Waals surface area contributed by atoms with Crippen molar-refractivity contribution < 1.29 is 4.84 Å². The molecule has 46 valence electrons. The van der Waals surface area contributed by atoms with Gasteiger partial charge in [-0.05, 0) is 19.9 Å². The molecule has 1 rings (SSSR count). The smallest absolute Gasteiger partial charge is 0.109 e. The van der Waals surface area contributed by atoms with Crippen LogP contribution in [-0.2, 0) is 4.84 Å². The molecule has 0 aromatic heterocycles. The highest BCUT2D eigenvalue weighted by Crippen LogP contribution is 2.04. The zero-order valence-electron chi connectivity index (χ0n) is 5.29. The van der Waals surface area contributed by atoms with Gasteiger partial charge >= 0.3 is 0 Å². The normalized spacial score (nSPS) is 19.9. The van der Waals surface area contributed by atoms with Crippen LogP contribution in [0.15, 0.2) is 12.3 Å². The van der Waals surface area contributed by atoms with Crippen LogP contribution in [0.4, 0.5) is 0 Å². The van der Waals surface area contributed by atoms with E-state index in [0.29, 0.717) is 6.04 Å². The molecule has 0 aromatic rings. The molecule has 1 aliphatic rings. The first-order valence-electron chi connectivity index (χ1n) is 2.89. The summed E-state index contributed by atoms with van der Waals surface area (Å²) in [7, 11) is 0. The maximum atomic E-state index is 5.07. The minimum atomic E-state index is 0.491. The van der Waals surface area contributed by atoms with Crippen molar-refractivity contribution in [1.82, 2.24) is 5.06 Å². The molecule has 0 fully saturated rings. The van der Waals surface area contributed by atoms with E-state index in [-0.39, 0.29) is 0 Å². The Balaban J connectivity index is 2.29. The molecular weight excluding hydrogens is 102 g/mol. The minimum absolute atomic E-state index is 0.491. The average Bonchev–Trinajstić information content (AvgIpc) is 2.12. The fraction of sp³-hybridized carbons (Fsp3) is 0.667. The van der Waals surface area contributed by atoms with Gasteiger partial charge in [0, 0.05) is 6.04 Å². The molecule has 0 atom stereocenters. The van der Waals surface area contributed by atoms with Gasteiger partial charge in [-0.3, -0.25) is 0 Å². The Morgan fingerprint density at radius 1 is 1.62 bits per heavy atom. The molecule has 0 amide bonds. The Morgan fingerprint density at radius 3 is 2.62 bits per heavy atom. The fourth-order valence-corrected chi connectivity index (χ4v) is 0.644. The van der Waals surface area contributed by atoms with Gasteiger partial charge in [0.25, 0.3) is 0 Å². The Bertz CT molecular complexity index is 90.7. The van der Waals surface area contributed by atoms with Crippen LogP contribution in [0.2, 0.25) is 0 Å². The van der Waals surface area contributed by atoms with Crippen LogP contribution in [0.5, 0.6) is 0 Å². The first kappa shape index (κ1) is 5.63. The monoisotopic (exact) mass is 113 g/mol. The van der Waals surface area contributed by atoms with E-state index in [9.17, 15) is 0 Å². The van der Waals surface area contributed by atoms with E-state index in [4.69, 9.17) is 4.84 Å². The Hall–Kier alpha value is -0.500. The molecule has 0 saturated carbocycles. The van der Waals surface area contributed by atoms with Crippen LogP contribution in [0.25, 0.3) is 0 Å². The average molecular weight is 113 g/mol. The highest BCUT2D eigenvalue weighted by Gasteiger charge is 2.10. The van der Waals surface area contributed by atoms with Crippen molar-refractivity contribution in [2.45, 2.75) is 19.9 Å². The Morgan fingerprint density at radius 2 is 2.38 bits per heavy atom. The molecule has 0 saturated heterocycles. The molecule has 0 aliphatic carbocycles. The fourth-order valence-electron chi connectivity index (χ4n) is 0.644. The van der Waals surface area contributed by atoms with Gasteiger partial charge in [0.05, 0.1) is 6.54 Å². The molecule has 8 heavy (non-hydrogen) atoms. The first-order chi connectivity index (χ1) is 3.80. The van der Waals surface area contributed by atoms with E-state index in [1.165, 1.54) is 0 Å². The maximum Gasteiger partial charge on any atom is 0.109 e. The minimum Gasteiger partial charge on any atom is -0.414 e. The quantitative estimate of drug-likeness (QED) is 0.506. The van der Waals surface area contributed by atoms with Gasteiger partial charge < -0.3 is 4.84 Å². The third-order valence-electron chi connectivity index (χ3n) is 1.15. The summed E-state index contributed by atoms with van der Waals surface area (Å²) in [5.74, 6) is 0. The predicted octanol–water partition coefficient (Wildman–Crippen LogP) is 1.16. The van der Waals surface area contributed by atoms with Gasteiger partial charge in [0.1, 0.15) is 6.26 Å². The number of hydrogen-bond acceptors (Lipinski definition) is 2. The van der Waals surface area contributed by atoms with Gasteiger partial charge in [-0.2, -0.15) is 0 Å². The summed E-state index contributed by atoms with van der Waals surface area (Å²) in [4.78, 5) is 5.07. The summed E-state index contributed by atoms with van der Waals surface area (Å²) in [6.07, 6.45) is 3.72. The van der Waals surface area contributed by atoms with Crippen molar-refractivity contribution in [3.8, 4) is 0 Å². The lowest BCUT2D eigenvalue weighted by molar-refractivity contribution is -0.100. The van der Waals surface area contributed by atoms with Crippen molar-refractivity contribution in [1.29, 1.82) is 0 Å². The van der Waals surface area contributed by atoms with Crippen molar-refractivity contribution >= 4 is 0 Å². The standard InChI is InChI=1S/C6H11NO/c1-6(2)7-4-3-5-8-7/h3,5-6H,4H2,1-2H3. The zero-order valence-corrected chi connectivity index (χ0v) is 5.29. The predicted molar refractivity (Wildman–Crippen MR) is 32.1 cm³/mol. The summed E-state index contributed by atoms with van der Waals surface area (Å²) in [5.41, 5.74) is 0. The van der Waals surface area contributed by atoms with E-state index in [0.717, 1.165) is 6.54 Å². The molecule has 0 spiro atoms. The van der Waals surface area contributed by atoms with Crippen molar-refractivity contribution in [3.63, 3.8) is 0 Å². The molecule has 1 aliphatic heterocycles. The van der Waals surface area contributed by atoms with Gasteiger partial charge in [-0.15, -0.1) is 5.06 Å². The lowest BCUT2D eigenvalue weighted by Gasteiger charge is -2.17. The molecule has 0 unspecified atom stereocenters. The Labute approximate surface area is 49.7 Å². The second kappa shape index (κ2) is 2.18. The van der Waals surface area contributed by atoms with Crippen LogP contribution >= 0.6 is 0 Å². The maximum absolute atomic E-state index is 5.07. The lowest BCUT2D eigenvalue weighted by Crippen LogP contribution is -2.25. The molecule has 0 radical (unpaired) electrons. The second-order valence-electron chi connectivity index (χ2n) is 2.17. The van der Waals surface area contributed by atoms with Gasteiger partial charge in [0.15, 0.2) is 0 Å². The van der Waals surface area contributed by atoms with Crippen LogP contribution in [-0.4, -0.2) is 17.6 Å². The molecule has 0 aromatic carbocycles. The molecule has 2 heteroatoms. The number of hydrogen-bond donors (Lipinski definition) is 0. The largest absolute Gasteiger partial charge is 0.414 e. The van der Waals surface area contributed by atoms with E-state index in [2.05, 4.69) is 13.8 Å². The summed E-state index contributed by atoms with van der Waals surface area (Å²) in [6, 6.07) is 0.491. The van der Waals surface area contributed by atoms with E-state index >= 15 is 0 Å². The number of hydroxylamine groups is 2. The summed E-state index contributed by atoms with van der Waals surface area (Å²) in [5, 5.41) is 1.92. The molecule has 2 nitrogen and oxygen atoms in total.